The van der Waals surface area contributed by atoms with Crippen molar-refractivity contribution in [3.05, 3.63) is 41.0 Å². The minimum atomic E-state index is -2.49. The first-order valence-electron chi connectivity index (χ1n) is 7.26. The summed E-state index contributed by atoms with van der Waals surface area (Å²) in [5, 5.41) is 3.94. The second-order valence-electron chi connectivity index (χ2n) is 5.68. The van der Waals surface area contributed by atoms with Crippen LogP contribution in [0, 0.1) is 12.8 Å². The van der Waals surface area contributed by atoms with Crippen molar-refractivity contribution in [2.75, 3.05) is 6.61 Å². The number of rotatable bonds is 7. The van der Waals surface area contributed by atoms with Gasteiger partial charge in [-0.3, -0.25) is 0 Å². The van der Waals surface area contributed by atoms with Crippen LogP contribution in [-0.2, 0) is 12.8 Å². The van der Waals surface area contributed by atoms with E-state index in [2.05, 4.69) is 24.0 Å². The number of hydrogen-bond donors (Lipinski definition) is 0. The van der Waals surface area contributed by atoms with E-state index in [0.29, 0.717) is 29.8 Å². The van der Waals surface area contributed by atoms with Crippen LogP contribution in [0.15, 0.2) is 22.7 Å². The maximum Gasteiger partial charge on any atom is 0.272 e. The lowest BCUT2D eigenvalue weighted by atomic mass is 10.1. The van der Waals surface area contributed by atoms with Crippen molar-refractivity contribution in [2.45, 2.75) is 40.0 Å². The van der Waals surface area contributed by atoms with Gasteiger partial charge in [0.25, 0.3) is 6.43 Å². The molecule has 0 aliphatic rings. The van der Waals surface area contributed by atoms with Gasteiger partial charge in [0.15, 0.2) is 5.82 Å². The molecule has 4 nitrogen and oxygen atoms in total. The Morgan fingerprint density at radius 1 is 1.27 bits per heavy atom. The average Bonchev–Trinajstić information content (AvgIpc) is 2.85. The Balaban J connectivity index is 2.06. The monoisotopic (exact) mass is 310 g/mol. The van der Waals surface area contributed by atoms with Crippen LogP contribution < -0.4 is 4.74 Å². The Kier molecular flexibility index (Phi) is 5.46. The normalized spacial score (nSPS) is 11.4. The summed E-state index contributed by atoms with van der Waals surface area (Å²) in [5.41, 5.74) is 1.70. The molecule has 1 aromatic carbocycles. The number of nitrogens with zero attached hydrogens (tertiary/aromatic N) is 2. The highest BCUT2D eigenvalue weighted by Gasteiger charge is 2.11. The maximum atomic E-state index is 12.2. The molecule has 0 fully saturated rings. The molecule has 0 unspecified atom stereocenters. The fraction of sp³-hybridized carbons (Fsp3) is 0.500. The average molecular weight is 310 g/mol. The van der Waals surface area contributed by atoms with E-state index in [1.165, 1.54) is 0 Å². The van der Waals surface area contributed by atoms with Gasteiger partial charge in [-0.15, -0.1) is 0 Å². The summed E-state index contributed by atoms with van der Waals surface area (Å²) in [6.07, 6.45) is -1.27. The molecule has 6 heteroatoms. The van der Waals surface area contributed by atoms with E-state index in [4.69, 9.17) is 9.26 Å². The minimum absolute atomic E-state index is 0.455. The predicted molar refractivity (Wildman–Crippen MR) is 78.3 cm³/mol. The molecule has 0 radical (unpaired) electrons. The first kappa shape index (κ1) is 16.4. The third-order valence-electron chi connectivity index (χ3n) is 3.07. The van der Waals surface area contributed by atoms with Crippen molar-refractivity contribution in [3.8, 4) is 5.75 Å². The van der Waals surface area contributed by atoms with Crippen molar-refractivity contribution < 1.29 is 18.0 Å². The van der Waals surface area contributed by atoms with Gasteiger partial charge in [-0.05, 0) is 30.0 Å². The summed E-state index contributed by atoms with van der Waals surface area (Å²) >= 11 is 0. The van der Waals surface area contributed by atoms with Gasteiger partial charge in [0.2, 0.25) is 5.89 Å². The number of ether oxygens (including phenoxy) is 1. The molecule has 120 valence electrons. The fourth-order valence-electron chi connectivity index (χ4n) is 2.05. The molecule has 0 saturated carbocycles. The van der Waals surface area contributed by atoms with Crippen LogP contribution in [0.2, 0.25) is 0 Å². The molecule has 0 N–H and O–H groups in total. The van der Waals surface area contributed by atoms with Crippen LogP contribution in [0.4, 0.5) is 8.78 Å². The zero-order valence-electron chi connectivity index (χ0n) is 13.0. The van der Waals surface area contributed by atoms with Crippen LogP contribution >= 0.6 is 0 Å². The van der Waals surface area contributed by atoms with Crippen LogP contribution in [0.25, 0.3) is 0 Å². The molecule has 0 saturated heterocycles. The van der Waals surface area contributed by atoms with Gasteiger partial charge in [0.1, 0.15) is 12.4 Å². The molecule has 2 rings (SSSR count). The molecule has 0 atom stereocenters. The molecule has 0 aliphatic carbocycles. The summed E-state index contributed by atoms with van der Waals surface area (Å²) in [5.74, 6) is 2.12. The van der Waals surface area contributed by atoms with Crippen molar-refractivity contribution in [3.63, 3.8) is 0 Å². The number of hydrogen-bond acceptors (Lipinski definition) is 4. The lowest BCUT2D eigenvalue weighted by Gasteiger charge is -2.10. The van der Waals surface area contributed by atoms with E-state index in [9.17, 15) is 8.78 Å². The van der Waals surface area contributed by atoms with Crippen LogP contribution in [0.3, 0.4) is 0 Å². The smallest absolute Gasteiger partial charge is 0.272 e. The van der Waals surface area contributed by atoms with Gasteiger partial charge in [-0.25, -0.2) is 8.78 Å². The second kappa shape index (κ2) is 7.33. The van der Waals surface area contributed by atoms with E-state index in [0.717, 1.165) is 17.5 Å². The van der Waals surface area contributed by atoms with Gasteiger partial charge in [-0.2, -0.15) is 4.98 Å². The Labute approximate surface area is 128 Å². The summed E-state index contributed by atoms with van der Waals surface area (Å²) in [6, 6.07) is 5.47. The van der Waals surface area contributed by atoms with Crippen LogP contribution in [-0.4, -0.2) is 23.2 Å². The molecule has 1 aromatic heterocycles. The Morgan fingerprint density at radius 3 is 2.73 bits per heavy atom. The summed E-state index contributed by atoms with van der Waals surface area (Å²) in [7, 11) is 0. The third kappa shape index (κ3) is 4.79. The molecular weight excluding hydrogens is 290 g/mol. The number of alkyl halides is 2. The highest BCUT2D eigenvalue weighted by molar-refractivity contribution is 5.37. The van der Waals surface area contributed by atoms with Gasteiger partial charge >= 0.3 is 0 Å². The highest BCUT2D eigenvalue weighted by Crippen LogP contribution is 2.22. The quantitative estimate of drug-likeness (QED) is 0.780. The van der Waals surface area contributed by atoms with Crippen molar-refractivity contribution >= 4 is 0 Å². The van der Waals surface area contributed by atoms with Crippen molar-refractivity contribution in [1.82, 2.24) is 10.1 Å². The lowest BCUT2D eigenvalue weighted by molar-refractivity contribution is 0.0815. The zero-order valence-corrected chi connectivity index (χ0v) is 13.0. The molecule has 0 spiro atoms. The molecule has 1 heterocycles. The Bertz CT molecular complexity index is 612. The molecule has 2 aromatic rings. The summed E-state index contributed by atoms with van der Waals surface area (Å²) in [6.45, 7) is 5.38. The number of benzene rings is 1. The Hall–Kier alpha value is -1.98. The van der Waals surface area contributed by atoms with Crippen LogP contribution in [0.5, 0.6) is 5.75 Å². The van der Waals surface area contributed by atoms with Gasteiger partial charge in [-0.1, -0.05) is 31.1 Å². The minimum Gasteiger partial charge on any atom is -0.487 e. The first-order chi connectivity index (χ1) is 10.4. The fourth-order valence-corrected chi connectivity index (χ4v) is 2.05. The van der Waals surface area contributed by atoms with E-state index in [1.54, 1.807) is 6.07 Å². The van der Waals surface area contributed by atoms with Gasteiger partial charge in [0.05, 0.1) is 6.42 Å². The second-order valence-corrected chi connectivity index (χ2v) is 5.68. The lowest BCUT2D eigenvalue weighted by Crippen LogP contribution is -2.08. The number of halogens is 2. The number of aryl methyl sites for hydroxylation is 1. The van der Waals surface area contributed by atoms with Gasteiger partial charge in [0, 0.05) is 6.42 Å². The molecular formula is C16H20F2N2O2. The van der Waals surface area contributed by atoms with Crippen molar-refractivity contribution in [2.24, 2.45) is 5.92 Å². The summed E-state index contributed by atoms with van der Waals surface area (Å²) in [4.78, 5) is 4.33. The molecule has 0 aliphatic heterocycles. The maximum absolute atomic E-state index is 12.2. The van der Waals surface area contributed by atoms with Gasteiger partial charge < -0.3 is 9.26 Å². The van der Waals surface area contributed by atoms with Crippen LogP contribution in [0.1, 0.15) is 36.7 Å². The van der Waals surface area contributed by atoms with E-state index < -0.39 is 13.0 Å². The molecule has 22 heavy (non-hydrogen) atoms. The topological polar surface area (TPSA) is 48.2 Å². The SMILES string of the molecule is Cc1ccc(Cc2nc(CC(C)C)no2)cc1OCC(F)F. The summed E-state index contributed by atoms with van der Waals surface area (Å²) < 4.78 is 34.8. The largest absolute Gasteiger partial charge is 0.487 e. The number of aromatic nitrogens is 2. The zero-order chi connectivity index (χ0) is 16.1. The Morgan fingerprint density at radius 2 is 2.05 bits per heavy atom. The van der Waals surface area contributed by atoms with E-state index >= 15 is 0 Å². The third-order valence-corrected chi connectivity index (χ3v) is 3.07. The highest BCUT2D eigenvalue weighted by atomic mass is 19.3. The predicted octanol–water partition coefficient (Wildman–Crippen LogP) is 3.81. The first-order valence-corrected chi connectivity index (χ1v) is 7.26. The van der Waals surface area contributed by atoms with E-state index in [-0.39, 0.29) is 0 Å². The molecule has 0 bridgehead atoms. The standard InChI is InChI=1S/C16H20F2N2O2/c1-10(2)6-15-19-16(22-20-15)8-12-5-4-11(3)13(7-12)21-9-14(17)18/h4-5,7,10,14H,6,8-9H2,1-3H3. The van der Waals surface area contributed by atoms with E-state index in [1.807, 2.05) is 19.1 Å². The van der Waals surface area contributed by atoms with Crippen molar-refractivity contribution in [1.29, 1.82) is 0 Å². The molecule has 0 amide bonds.